The van der Waals surface area contributed by atoms with Crippen molar-refractivity contribution in [2.24, 2.45) is 0 Å². The Hall–Kier alpha value is -0.120. The molecule has 2 fully saturated rings. The van der Waals surface area contributed by atoms with E-state index >= 15 is 0 Å². The Balaban J connectivity index is 1.67. The van der Waals surface area contributed by atoms with Crippen molar-refractivity contribution in [1.29, 1.82) is 0 Å². The summed E-state index contributed by atoms with van der Waals surface area (Å²) in [5, 5.41) is 0. The molecular formula is C45H91N3. The van der Waals surface area contributed by atoms with Crippen molar-refractivity contribution in [3.8, 4) is 0 Å². The largest absolute Gasteiger partial charge is 0.288 e. The van der Waals surface area contributed by atoms with Gasteiger partial charge in [0, 0.05) is 19.6 Å². The van der Waals surface area contributed by atoms with Gasteiger partial charge in [0.2, 0.25) is 0 Å². The molecule has 2 aliphatic rings. The number of hydrogen-bond acceptors (Lipinski definition) is 3. The Labute approximate surface area is 304 Å². The Morgan fingerprint density at radius 1 is 0.292 bits per heavy atom. The first kappa shape index (κ1) is 44.0. The number of rotatable bonds is 36. The van der Waals surface area contributed by atoms with E-state index in [1.54, 1.807) is 0 Å². The molecule has 0 N–H and O–H groups in total. The summed E-state index contributed by atoms with van der Waals surface area (Å²) in [5.74, 6) is 0. The average molecular weight is 674 g/mol. The number of hydrogen-bond donors (Lipinski definition) is 0. The van der Waals surface area contributed by atoms with Gasteiger partial charge in [0.1, 0.15) is 0 Å². The van der Waals surface area contributed by atoms with Gasteiger partial charge in [-0.25, -0.2) is 0 Å². The van der Waals surface area contributed by atoms with Crippen LogP contribution in [0.15, 0.2) is 0 Å². The molecule has 2 aliphatic heterocycles. The van der Waals surface area contributed by atoms with E-state index in [0.29, 0.717) is 0 Å². The van der Waals surface area contributed by atoms with Crippen LogP contribution in [0, 0.1) is 0 Å². The predicted molar refractivity (Wildman–Crippen MR) is 216 cm³/mol. The summed E-state index contributed by atoms with van der Waals surface area (Å²) >= 11 is 0. The van der Waals surface area contributed by atoms with E-state index in [-0.39, 0.29) is 0 Å². The Kier molecular flexibility index (Phi) is 30.1. The molecule has 0 aromatic heterocycles. The van der Waals surface area contributed by atoms with E-state index in [9.17, 15) is 0 Å². The lowest BCUT2D eigenvalue weighted by Crippen LogP contribution is -2.67. The normalized spacial score (nSPS) is 19.1. The van der Waals surface area contributed by atoms with Gasteiger partial charge in [0.25, 0.3) is 0 Å². The molecular weight excluding hydrogens is 583 g/mol. The molecule has 2 rings (SSSR count). The van der Waals surface area contributed by atoms with Crippen LogP contribution in [0.2, 0.25) is 0 Å². The van der Waals surface area contributed by atoms with Crippen LogP contribution in [0.5, 0.6) is 0 Å². The summed E-state index contributed by atoms with van der Waals surface area (Å²) in [6.07, 6.45) is 52.1. The van der Waals surface area contributed by atoms with Gasteiger partial charge < -0.3 is 0 Å². The maximum absolute atomic E-state index is 3.01. The first-order valence-electron chi connectivity index (χ1n) is 23.1. The molecule has 3 heteroatoms. The standard InChI is InChI=1S/C45H91N3/c1-4-7-10-13-16-19-22-25-28-31-34-39-46-42-37-45-47(40-35-32-29-26-23-20-17-14-11-8-5-2)43-38-44(46)48(45)41-36-33-30-27-24-21-18-15-12-9-6-3/h44-45H,4-43H2,1-3H3. The fraction of sp³-hybridized carbons (Fsp3) is 1.00. The van der Waals surface area contributed by atoms with Crippen molar-refractivity contribution < 1.29 is 0 Å². The first-order valence-corrected chi connectivity index (χ1v) is 23.1. The Morgan fingerprint density at radius 2 is 0.521 bits per heavy atom. The smallest absolute Gasteiger partial charge is 0.0648 e. The van der Waals surface area contributed by atoms with Crippen LogP contribution in [-0.2, 0) is 0 Å². The molecule has 2 atom stereocenters. The average Bonchev–Trinajstić information content (AvgIpc) is 3.10. The minimum absolute atomic E-state index is 0.726. The van der Waals surface area contributed by atoms with E-state index in [0.717, 1.165) is 12.3 Å². The Bertz CT molecular complexity index is 610. The van der Waals surface area contributed by atoms with Crippen molar-refractivity contribution >= 4 is 0 Å². The summed E-state index contributed by atoms with van der Waals surface area (Å²) in [6.45, 7) is 13.7. The van der Waals surface area contributed by atoms with E-state index in [1.807, 2.05) is 0 Å². The molecule has 0 aromatic rings. The van der Waals surface area contributed by atoms with E-state index in [4.69, 9.17) is 0 Å². The Morgan fingerprint density at radius 3 is 0.792 bits per heavy atom. The molecule has 3 nitrogen and oxygen atoms in total. The van der Waals surface area contributed by atoms with E-state index in [1.165, 1.54) is 257 Å². The van der Waals surface area contributed by atoms with Crippen molar-refractivity contribution in [2.75, 3.05) is 32.7 Å². The molecule has 0 radical (unpaired) electrons. The SMILES string of the molecule is CCCCCCCCCCCCCN1CCC2N(CCCCCCCCCCCCC)CCC1N2CCCCCCCCCCCCC. The van der Waals surface area contributed by atoms with Crippen LogP contribution in [0.4, 0.5) is 0 Å². The zero-order valence-corrected chi connectivity index (χ0v) is 33.8. The monoisotopic (exact) mass is 674 g/mol. The summed E-state index contributed by atoms with van der Waals surface area (Å²) in [5.41, 5.74) is 0. The minimum Gasteiger partial charge on any atom is -0.288 e. The van der Waals surface area contributed by atoms with Gasteiger partial charge in [-0.2, -0.15) is 0 Å². The van der Waals surface area contributed by atoms with Crippen molar-refractivity contribution in [3.05, 3.63) is 0 Å². The second-order valence-corrected chi connectivity index (χ2v) is 16.5. The van der Waals surface area contributed by atoms with Crippen molar-refractivity contribution in [1.82, 2.24) is 14.7 Å². The van der Waals surface area contributed by atoms with Gasteiger partial charge in [-0.15, -0.1) is 0 Å². The zero-order chi connectivity index (χ0) is 34.2. The van der Waals surface area contributed by atoms with Gasteiger partial charge in [-0.3, -0.25) is 14.7 Å². The molecule has 2 heterocycles. The zero-order valence-electron chi connectivity index (χ0n) is 33.8. The second-order valence-electron chi connectivity index (χ2n) is 16.5. The lowest BCUT2D eigenvalue weighted by atomic mass is 10.00. The second kappa shape index (κ2) is 32.8. The highest BCUT2D eigenvalue weighted by Gasteiger charge is 2.41. The molecule has 0 aliphatic carbocycles. The first-order chi connectivity index (χ1) is 23.8. The molecule has 48 heavy (non-hydrogen) atoms. The summed E-state index contributed by atoms with van der Waals surface area (Å²) in [6, 6.07) is 0. The summed E-state index contributed by atoms with van der Waals surface area (Å²) < 4.78 is 0. The summed E-state index contributed by atoms with van der Waals surface area (Å²) in [7, 11) is 0. The maximum atomic E-state index is 3.01. The maximum Gasteiger partial charge on any atom is 0.0648 e. The van der Waals surface area contributed by atoms with E-state index in [2.05, 4.69) is 35.5 Å². The van der Waals surface area contributed by atoms with Crippen LogP contribution in [-0.4, -0.2) is 59.8 Å². The lowest BCUT2D eigenvalue weighted by molar-refractivity contribution is -0.131. The van der Waals surface area contributed by atoms with Crippen LogP contribution < -0.4 is 0 Å². The fourth-order valence-corrected chi connectivity index (χ4v) is 8.91. The fourth-order valence-electron chi connectivity index (χ4n) is 8.91. The quantitative estimate of drug-likeness (QED) is 0.0613. The molecule has 0 amide bonds. The highest BCUT2D eigenvalue weighted by molar-refractivity contribution is 4.91. The third-order valence-corrected chi connectivity index (χ3v) is 12.1. The molecule has 2 bridgehead atoms. The van der Waals surface area contributed by atoms with Gasteiger partial charge in [0.15, 0.2) is 0 Å². The van der Waals surface area contributed by atoms with Crippen molar-refractivity contribution in [2.45, 2.75) is 258 Å². The molecule has 2 saturated heterocycles. The topological polar surface area (TPSA) is 9.72 Å². The molecule has 0 aromatic carbocycles. The van der Waals surface area contributed by atoms with E-state index < -0.39 is 0 Å². The molecule has 2 unspecified atom stereocenters. The minimum atomic E-state index is 0.726. The number of nitrogens with zero attached hydrogens (tertiary/aromatic N) is 3. The number of unbranched alkanes of at least 4 members (excludes halogenated alkanes) is 30. The highest BCUT2D eigenvalue weighted by Crippen LogP contribution is 2.31. The van der Waals surface area contributed by atoms with Crippen LogP contribution >= 0.6 is 0 Å². The molecule has 0 saturated carbocycles. The van der Waals surface area contributed by atoms with Gasteiger partial charge in [-0.1, -0.05) is 213 Å². The van der Waals surface area contributed by atoms with Crippen LogP contribution in [0.1, 0.15) is 245 Å². The predicted octanol–water partition coefficient (Wildman–Crippen LogP) is 14.3. The third-order valence-electron chi connectivity index (χ3n) is 12.1. The van der Waals surface area contributed by atoms with Crippen LogP contribution in [0.25, 0.3) is 0 Å². The van der Waals surface area contributed by atoms with Gasteiger partial charge in [0.05, 0.1) is 12.3 Å². The van der Waals surface area contributed by atoms with Crippen LogP contribution in [0.3, 0.4) is 0 Å². The third kappa shape index (κ3) is 22.0. The summed E-state index contributed by atoms with van der Waals surface area (Å²) in [4.78, 5) is 8.88. The highest BCUT2D eigenvalue weighted by atomic mass is 15.5. The number of fused-ring (bicyclic) bond motifs is 2. The van der Waals surface area contributed by atoms with Gasteiger partial charge in [-0.05, 0) is 45.2 Å². The molecule has 0 spiro atoms. The lowest BCUT2D eigenvalue weighted by Gasteiger charge is -2.56. The van der Waals surface area contributed by atoms with Crippen molar-refractivity contribution in [3.63, 3.8) is 0 Å². The van der Waals surface area contributed by atoms with Gasteiger partial charge >= 0.3 is 0 Å². The molecule has 286 valence electrons.